The summed E-state index contributed by atoms with van der Waals surface area (Å²) < 4.78 is 4.54. The van der Waals surface area contributed by atoms with Crippen LogP contribution in [0, 0.1) is 11.3 Å². The molecule has 0 amide bonds. The average molecular weight is 212 g/mol. The van der Waals surface area contributed by atoms with Crippen molar-refractivity contribution in [1.29, 1.82) is 5.26 Å². The fourth-order valence-electron chi connectivity index (χ4n) is 1.62. The molecule has 0 rings (SSSR count). The van der Waals surface area contributed by atoms with Gasteiger partial charge in [0.15, 0.2) is 0 Å². The molecule has 0 heterocycles. The van der Waals surface area contributed by atoms with Crippen LogP contribution in [0.5, 0.6) is 0 Å². The first-order valence-corrected chi connectivity index (χ1v) is 5.37. The predicted octanol–water partition coefficient (Wildman–Crippen LogP) is 1.61. The number of hydrogen-bond acceptors (Lipinski definition) is 4. The van der Waals surface area contributed by atoms with E-state index < -0.39 is 5.54 Å². The lowest BCUT2D eigenvalue weighted by molar-refractivity contribution is -0.139. The number of hydrogen-bond donors (Lipinski definition) is 1. The van der Waals surface area contributed by atoms with E-state index in [1.165, 1.54) is 7.11 Å². The van der Waals surface area contributed by atoms with Crippen LogP contribution >= 0.6 is 0 Å². The largest absolute Gasteiger partial charge is 0.468 e. The summed E-state index contributed by atoms with van der Waals surface area (Å²) in [5.41, 5.74) is -0.572. The van der Waals surface area contributed by atoms with Crippen LogP contribution in [0.3, 0.4) is 0 Å². The molecular formula is C11H20N2O2. The fraction of sp³-hybridized carbons (Fsp3) is 0.818. The molecule has 0 aromatic carbocycles. The second-order valence-electron chi connectivity index (χ2n) is 3.62. The fourth-order valence-corrected chi connectivity index (χ4v) is 1.62. The van der Waals surface area contributed by atoms with Crippen molar-refractivity contribution in [3.8, 4) is 6.07 Å². The Labute approximate surface area is 91.6 Å². The van der Waals surface area contributed by atoms with Gasteiger partial charge in [-0.2, -0.15) is 5.26 Å². The van der Waals surface area contributed by atoms with Crippen LogP contribution in [-0.2, 0) is 9.53 Å². The molecule has 15 heavy (non-hydrogen) atoms. The van der Waals surface area contributed by atoms with Crippen molar-refractivity contribution < 1.29 is 9.53 Å². The number of nitrogens with zero attached hydrogens (tertiary/aromatic N) is 1. The quantitative estimate of drug-likeness (QED) is 0.651. The first-order valence-electron chi connectivity index (χ1n) is 5.37. The number of nitrogens with one attached hydrogen (secondary N) is 1. The third kappa shape index (κ3) is 4.80. The van der Waals surface area contributed by atoms with Crippen LogP contribution in [0.1, 0.15) is 39.5 Å². The Morgan fingerprint density at radius 3 is 2.27 bits per heavy atom. The zero-order chi connectivity index (χ0) is 11.7. The molecule has 1 N–H and O–H groups in total. The van der Waals surface area contributed by atoms with Crippen molar-refractivity contribution in [2.45, 2.75) is 45.1 Å². The maximum Gasteiger partial charge on any atom is 0.319 e. The van der Waals surface area contributed by atoms with Crippen molar-refractivity contribution in [3.63, 3.8) is 0 Å². The molecule has 0 atom stereocenters. The number of carbonyl (C=O) groups is 1. The highest BCUT2D eigenvalue weighted by Crippen LogP contribution is 2.18. The summed E-state index contributed by atoms with van der Waals surface area (Å²) in [6.07, 6.45) is 3.35. The number of rotatable bonds is 7. The Morgan fingerprint density at radius 1 is 1.40 bits per heavy atom. The normalized spacial score (nSPS) is 10.8. The standard InChI is InChI=1S/C11H20N2O2/c1-4-6-11(9-12,7-5-2)13-8-10(14)15-3/h13H,4-8H2,1-3H3. The van der Waals surface area contributed by atoms with Crippen molar-refractivity contribution in [1.82, 2.24) is 5.32 Å². The summed E-state index contributed by atoms with van der Waals surface area (Å²) in [5.74, 6) is -0.332. The summed E-state index contributed by atoms with van der Waals surface area (Å²) in [6.45, 7) is 4.16. The minimum atomic E-state index is -0.572. The molecule has 0 aliphatic heterocycles. The van der Waals surface area contributed by atoms with E-state index in [9.17, 15) is 4.79 Å². The molecular weight excluding hydrogens is 192 g/mol. The Kier molecular flexibility index (Phi) is 6.72. The molecule has 86 valence electrons. The minimum absolute atomic E-state index is 0.101. The molecule has 4 heteroatoms. The van der Waals surface area contributed by atoms with Crippen LogP contribution in [0.15, 0.2) is 0 Å². The summed E-state index contributed by atoms with van der Waals surface area (Å²) >= 11 is 0. The highest BCUT2D eigenvalue weighted by Gasteiger charge is 2.28. The Morgan fingerprint density at radius 2 is 1.93 bits per heavy atom. The summed E-state index contributed by atoms with van der Waals surface area (Å²) in [5, 5.41) is 12.2. The molecule has 4 nitrogen and oxygen atoms in total. The number of nitriles is 1. The molecule has 0 bridgehead atoms. The highest BCUT2D eigenvalue weighted by atomic mass is 16.5. The van der Waals surface area contributed by atoms with E-state index in [4.69, 9.17) is 5.26 Å². The number of carbonyl (C=O) groups excluding carboxylic acids is 1. The van der Waals surface area contributed by atoms with Crippen molar-refractivity contribution in [2.75, 3.05) is 13.7 Å². The van der Waals surface area contributed by atoms with Gasteiger partial charge in [0, 0.05) is 0 Å². The molecule has 0 spiro atoms. The van der Waals surface area contributed by atoms with Gasteiger partial charge in [0.1, 0.15) is 5.54 Å². The SMILES string of the molecule is CCCC(C#N)(CCC)NCC(=O)OC. The molecule has 0 unspecified atom stereocenters. The first kappa shape index (κ1) is 13.9. The number of methoxy groups -OCH3 is 1. The van der Waals surface area contributed by atoms with E-state index in [-0.39, 0.29) is 12.5 Å². The van der Waals surface area contributed by atoms with Gasteiger partial charge in [-0.3, -0.25) is 10.1 Å². The number of ether oxygens (including phenoxy) is 1. The van der Waals surface area contributed by atoms with Crippen LogP contribution in [0.25, 0.3) is 0 Å². The van der Waals surface area contributed by atoms with E-state index in [1.54, 1.807) is 0 Å². The smallest absolute Gasteiger partial charge is 0.319 e. The van der Waals surface area contributed by atoms with Gasteiger partial charge in [-0.1, -0.05) is 26.7 Å². The molecule has 0 fully saturated rings. The summed E-state index contributed by atoms with van der Waals surface area (Å²) in [4.78, 5) is 11.0. The average Bonchev–Trinajstić information content (AvgIpc) is 2.26. The van der Waals surface area contributed by atoms with Gasteiger partial charge in [0.05, 0.1) is 19.7 Å². The van der Waals surface area contributed by atoms with Gasteiger partial charge in [-0.25, -0.2) is 0 Å². The van der Waals surface area contributed by atoms with Crippen molar-refractivity contribution in [2.24, 2.45) is 0 Å². The van der Waals surface area contributed by atoms with Gasteiger partial charge < -0.3 is 4.74 Å². The zero-order valence-electron chi connectivity index (χ0n) is 9.80. The van der Waals surface area contributed by atoms with Crippen LogP contribution < -0.4 is 5.32 Å². The second kappa shape index (κ2) is 7.24. The van der Waals surface area contributed by atoms with Crippen LogP contribution in [-0.4, -0.2) is 25.2 Å². The summed E-state index contributed by atoms with van der Waals surface area (Å²) in [7, 11) is 1.34. The predicted molar refractivity (Wildman–Crippen MR) is 58.2 cm³/mol. The number of esters is 1. The lowest BCUT2D eigenvalue weighted by atomic mass is 9.90. The lowest BCUT2D eigenvalue weighted by Gasteiger charge is -2.26. The zero-order valence-corrected chi connectivity index (χ0v) is 9.80. The molecule has 0 aliphatic rings. The maximum atomic E-state index is 11.0. The highest BCUT2D eigenvalue weighted by molar-refractivity contribution is 5.71. The first-order chi connectivity index (χ1) is 7.14. The molecule has 0 aromatic heterocycles. The second-order valence-corrected chi connectivity index (χ2v) is 3.62. The van der Waals surface area contributed by atoms with Gasteiger partial charge in [0.25, 0.3) is 0 Å². The molecule has 0 aromatic rings. The van der Waals surface area contributed by atoms with Crippen molar-refractivity contribution >= 4 is 5.97 Å². The lowest BCUT2D eigenvalue weighted by Crippen LogP contribution is -2.46. The summed E-state index contributed by atoms with van der Waals surface area (Å²) in [6, 6.07) is 2.28. The van der Waals surface area contributed by atoms with Crippen LogP contribution in [0.4, 0.5) is 0 Å². The van der Waals surface area contributed by atoms with Gasteiger partial charge in [-0.15, -0.1) is 0 Å². The van der Waals surface area contributed by atoms with E-state index in [2.05, 4.69) is 16.1 Å². The molecule has 0 saturated heterocycles. The monoisotopic (exact) mass is 212 g/mol. The van der Waals surface area contributed by atoms with E-state index >= 15 is 0 Å². The maximum absolute atomic E-state index is 11.0. The van der Waals surface area contributed by atoms with Gasteiger partial charge >= 0.3 is 5.97 Å². The Hall–Kier alpha value is -1.08. The molecule has 0 saturated carbocycles. The van der Waals surface area contributed by atoms with E-state index in [1.807, 2.05) is 13.8 Å². The minimum Gasteiger partial charge on any atom is -0.468 e. The topological polar surface area (TPSA) is 62.1 Å². The third-order valence-corrected chi connectivity index (χ3v) is 2.37. The van der Waals surface area contributed by atoms with E-state index in [0.717, 1.165) is 25.7 Å². The molecule has 0 aliphatic carbocycles. The Balaban J connectivity index is 4.34. The van der Waals surface area contributed by atoms with Gasteiger partial charge in [-0.05, 0) is 12.8 Å². The van der Waals surface area contributed by atoms with E-state index in [0.29, 0.717) is 0 Å². The third-order valence-electron chi connectivity index (χ3n) is 2.37. The van der Waals surface area contributed by atoms with Crippen molar-refractivity contribution in [3.05, 3.63) is 0 Å². The van der Waals surface area contributed by atoms with Crippen LogP contribution in [0.2, 0.25) is 0 Å². The molecule has 0 radical (unpaired) electrons. The van der Waals surface area contributed by atoms with Gasteiger partial charge in [0.2, 0.25) is 0 Å². The Bertz CT molecular complexity index is 227.